The molecule has 7 heteroatoms. The van der Waals surface area contributed by atoms with Crippen LogP contribution in [0.25, 0.3) is 5.65 Å². The normalized spacial score (nSPS) is 10.7. The highest BCUT2D eigenvalue weighted by atomic mass is 35.5. The molecule has 0 aliphatic rings. The molecule has 0 aliphatic carbocycles. The molecule has 2 heterocycles. The van der Waals surface area contributed by atoms with Crippen molar-refractivity contribution in [1.29, 1.82) is 0 Å². The lowest BCUT2D eigenvalue weighted by Crippen LogP contribution is -2.05. The third-order valence-corrected chi connectivity index (χ3v) is 2.54. The van der Waals surface area contributed by atoms with Crippen LogP contribution in [-0.2, 0) is 4.74 Å². The Morgan fingerprint density at radius 2 is 2.25 bits per heavy atom. The van der Waals surface area contributed by atoms with Crippen molar-refractivity contribution in [2.45, 2.75) is 0 Å². The molecule has 0 aromatic carbocycles. The molecule has 0 radical (unpaired) electrons. The minimum Gasteiger partial charge on any atom is -0.464 e. The molecule has 0 unspecified atom stereocenters. The number of nitrogens with zero attached hydrogens (tertiary/aromatic N) is 2. The maximum atomic E-state index is 11.3. The molecule has 2 aromatic heterocycles. The topological polar surface area (TPSA) is 69.6 Å². The maximum absolute atomic E-state index is 11.3. The van der Waals surface area contributed by atoms with Gasteiger partial charge in [-0.05, 0) is 6.07 Å². The van der Waals surface area contributed by atoms with Gasteiger partial charge in [-0.15, -0.1) is 0 Å². The SMILES string of the molecule is COC(=O)c1nc2c(Cl)cc(Cl)cn2c1N. The van der Waals surface area contributed by atoms with Gasteiger partial charge in [-0.25, -0.2) is 9.78 Å². The molecule has 0 aliphatic heterocycles. The molecule has 2 aromatic rings. The quantitative estimate of drug-likeness (QED) is 0.796. The fourth-order valence-corrected chi connectivity index (χ4v) is 1.85. The largest absolute Gasteiger partial charge is 0.464 e. The Labute approximate surface area is 101 Å². The molecule has 0 amide bonds. The predicted molar refractivity (Wildman–Crippen MR) is 61.0 cm³/mol. The van der Waals surface area contributed by atoms with Crippen LogP contribution >= 0.6 is 23.2 Å². The molecule has 0 spiro atoms. The number of pyridine rings is 1. The van der Waals surface area contributed by atoms with E-state index in [1.54, 1.807) is 0 Å². The van der Waals surface area contributed by atoms with Gasteiger partial charge in [0.25, 0.3) is 0 Å². The zero-order valence-electron chi connectivity index (χ0n) is 8.20. The van der Waals surface area contributed by atoms with Crippen LogP contribution < -0.4 is 5.73 Å². The number of nitrogens with two attached hydrogens (primary N) is 1. The summed E-state index contributed by atoms with van der Waals surface area (Å²) in [6, 6.07) is 1.52. The van der Waals surface area contributed by atoms with Crippen LogP contribution in [0.5, 0.6) is 0 Å². The Morgan fingerprint density at radius 1 is 1.56 bits per heavy atom. The van der Waals surface area contributed by atoms with Crippen molar-refractivity contribution in [3.05, 3.63) is 28.0 Å². The van der Waals surface area contributed by atoms with Gasteiger partial charge in [-0.2, -0.15) is 0 Å². The van der Waals surface area contributed by atoms with Crippen molar-refractivity contribution < 1.29 is 9.53 Å². The number of aromatic nitrogens is 2. The number of nitrogen functional groups attached to an aromatic ring is 1. The van der Waals surface area contributed by atoms with Crippen molar-refractivity contribution >= 4 is 40.6 Å². The number of carbonyl (C=O) groups excluding carboxylic acids is 1. The number of carbonyl (C=O) groups is 1. The lowest BCUT2D eigenvalue weighted by Gasteiger charge is -1.99. The summed E-state index contributed by atoms with van der Waals surface area (Å²) in [6.45, 7) is 0. The number of methoxy groups -OCH3 is 1. The summed E-state index contributed by atoms with van der Waals surface area (Å²) in [4.78, 5) is 15.3. The van der Waals surface area contributed by atoms with E-state index in [1.807, 2.05) is 0 Å². The van der Waals surface area contributed by atoms with Crippen LogP contribution in [0.15, 0.2) is 12.3 Å². The first-order valence-corrected chi connectivity index (χ1v) is 5.01. The minimum atomic E-state index is -0.617. The first-order valence-electron chi connectivity index (χ1n) is 4.25. The van der Waals surface area contributed by atoms with Crippen molar-refractivity contribution in [3.8, 4) is 0 Å². The fourth-order valence-electron chi connectivity index (χ4n) is 1.34. The first-order chi connectivity index (χ1) is 7.54. The molecule has 16 heavy (non-hydrogen) atoms. The average Bonchev–Trinajstić information content (AvgIpc) is 2.56. The van der Waals surface area contributed by atoms with Gasteiger partial charge in [0, 0.05) is 6.20 Å². The Bertz CT molecular complexity index is 580. The third-order valence-electron chi connectivity index (χ3n) is 2.06. The lowest BCUT2D eigenvalue weighted by atomic mass is 10.4. The Hall–Kier alpha value is -1.46. The summed E-state index contributed by atoms with van der Waals surface area (Å²) < 4.78 is 5.99. The molecule has 0 saturated carbocycles. The average molecular weight is 260 g/mol. The van der Waals surface area contributed by atoms with E-state index in [4.69, 9.17) is 28.9 Å². The molecule has 2 N–H and O–H groups in total. The number of hydrogen-bond acceptors (Lipinski definition) is 4. The maximum Gasteiger partial charge on any atom is 0.360 e. The van der Waals surface area contributed by atoms with Gasteiger partial charge in [-0.1, -0.05) is 23.2 Å². The summed E-state index contributed by atoms with van der Waals surface area (Å²) in [5, 5.41) is 0.715. The number of anilines is 1. The summed E-state index contributed by atoms with van der Waals surface area (Å²) in [5.41, 5.74) is 6.12. The standard InChI is InChI=1S/C9H7Cl2N3O2/c1-16-9(15)6-7(12)14-3-4(10)2-5(11)8(14)13-6/h2-3H,12H2,1H3. The van der Waals surface area contributed by atoms with Crippen molar-refractivity contribution in [3.63, 3.8) is 0 Å². The van der Waals surface area contributed by atoms with Crippen molar-refractivity contribution in [2.24, 2.45) is 0 Å². The van der Waals surface area contributed by atoms with E-state index >= 15 is 0 Å². The molecule has 2 rings (SSSR count). The Kier molecular flexibility index (Phi) is 2.65. The van der Waals surface area contributed by atoms with Crippen LogP contribution in [-0.4, -0.2) is 22.5 Å². The Balaban J connectivity index is 2.77. The minimum absolute atomic E-state index is 0.0201. The van der Waals surface area contributed by atoms with E-state index in [1.165, 1.54) is 23.8 Å². The van der Waals surface area contributed by atoms with E-state index in [2.05, 4.69) is 9.72 Å². The van der Waals surface area contributed by atoms with E-state index in [0.29, 0.717) is 15.7 Å². The molecule has 5 nitrogen and oxygen atoms in total. The van der Waals surface area contributed by atoms with Gasteiger partial charge < -0.3 is 10.5 Å². The van der Waals surface area contributed by atoms with E-state index in [-0.39, 0.29) is 11.5 Å². The zero-order valence-corrected chi connectivity index (χ0v) is 9.71. The van der Waals surface area contributed by atoms with Crippen LogP contribution in [0.3, 0.4) is 0 Å². The molecule has 84 valence electrons. The van der Waals surface area contributed by atoms with Gasteiger partial charge in [0.1, 0.15) is 5.82 Å². The van der Waals surface area contributed by atoms with Crippen LogP contribution in [0, 0.1) is 0 Å². The highest BCUT2D eigenvalue weighted by Crippen LogP contribution is 2.25. The number of ether oxygens (including phenoxy) is 1. The highest BCUT2D eigenvalue weighted by molar-refractivity contribution is 6.36. The van der Waals surface area contributed by atoms with Gasteiger partial charge in [-0.3, -0.25) is 4.40 Å². The number of fused-ring (bicyclic) bond motifs is 1. The van der Waals surface area contributed by atoms with Crippen LogP contribution in [0.1, 0.15) is 10.5 Å². The van der Waals surface area contributed by atoms with Crippen molar-refractivity contribution in [1.82, 2.24) is 9.38 Å². The zero-order chi connectivity index (χ0) is 11.9. The van der Waals surface area contributed by atoms with E-state index in [0.717, 1.165) is 0 Å². The summed E-state index contributed by atoms with van der Waals surface area (Å²) >= 11 is 11.7. The van der Waals surface area contributed by atoms with Gasteiger partial charge in [0.15, 0.2) is 11.3 Å². The molecule has 0 atom stereocenters. The highest BCUT2D eigenvalue weighted by Gasteiger charge is 2.18. The predicted octanol–water partition coefficient (Wildman–Crippen LogP) is 2.01. The molecule has 0 saturated heterocycles. The van der Waals surface area contributed by atoms with Crippen LogP contribution in [0.2, 0.25) is 10.0 Å². The first kappa shape index (κ1) is 11.0. The number of halogens is 2. The number of esters is 1. The van der Waals surface area contributed by atoms with E-state index < -0.39 is 5.97 Å². The number of hydrogen-bond donors (Lipinski definition) is 1. The van der Waals surface area contributed by atoms with Gasteiger partial charge in [0.2, 0.25) is 0 Å². The van der Waals surface area contributed by atoms with Gasteiger partial charge in [0.05, 0.1) is 17.2 Å². The molecule has 0 bridgehead atoms. The molecular weight excluding hydrogens is 253 g/mol. The molecule has 0 fully saturated rings. The fraction of sp³-hybridized carbons (Fsp3) is 0.111. The third kappa shape index (κ3) is 1.58. The summed E-state index contributed by atoms with van der Waals surface area (Å²) in [7, 11) is 1.25. The van der Waals surface area contributed by atoms with E-state index in [9.17, 15) is 4.79 Å². The van der Waals surface area contributed by atoms with Gasteiger partial charge >= 0.3 is 5.97 Å². The number of imidazole rings is 1. The second-order valence-corrected chi connectivity index (χ2v) is 3.88. The summed E-state index contributed by atoms with van der Waals surface area (Å²) in [5.74, 6) is -0.473. The lowest BCUT2D eigenvalue weighted by molar-refractivity contribution is 0.0596. The molecular formula is C9H7Cl2N3O2. The second-order valence-electron chi connectivity index (χ2n) is 3.04. The number of rotatable bonds is 1. The Morgan fingerprint density at radius 3 is 2.88 bits per heavy atom. The second kappa shape index (κ2) is 3.84. The van der Waals surface area contributed by atoms with Crippen LogP contribution in [0.4, 0.5) is 5.82 Å². The monoisotopic (exact) mass is 259 g/mol. The smallest absolute Gasteiger partial charge is 0.360 e. The van der Waals surface area contributed by atoms with Crippen molar-refractivity contribution in [2.75, 3.05) is 12.8 Å². The summed E-state index contributed by atoms with van der Waals surface area (Å²) in [6.07, 6.45) is 1.53.